The van der Waals surface area contributed by atoms with Crippen LogP contribution in [0.15, 0.2) is 30.4 Å². The lowest BCUT2D eigenvalue weighted by atomic mass is 10.1. The Bertz CT molecular complexity index is 486. The Hall–Kier alpha value is -2.24. The largest absolute Gasteiger partial charge is 0.348 e. The van der Waals surface area contributed by atoms with Crippen LogP contribution in [-0.4, -0.2) is 17.4 Å². The number of nitro benzene ring substituents is 1. The second kappa shape index (κ2) is 5.20. The van der Waals surface area contributed by atoms with E-state index in [1.165, 1.54) is 0 Å². The van der Waals surface area contributed by atoms with E-state index in [4.69, 9.17) is 0 Å². The normalized spacial score (nSPS) is 9.76. The molecule has 1 aromatic carbocycles. The number of hydrogen-bond donors (Lipinski definition) is 1. The van der Waals surface area contributed by atoms with Crippen LogP contribution in [0.25, 0.3) is 0 Å². The van der Waals surface area contributed by atoms with Gasteiger partial charge in [-0.05, 0) is 19.1 Å². The van der Waals surface area contributed by atoms with E-state index in [0.29, 0.717) is 5.57 Å². The molecule has 6 heteroatoms. The molecular formula is C11H11FN2O3. The molecular weight excluding hydrogens is 227 g/mol. The summed E-state index contributed by atoms with van der Waals surface area (Å²) in [6.07, 6.45) is 0. The smallest absolute Gasteiger partial charge is 0.285 e. The Morgan fingerprint density at radius 3 is 2.76 bits per heavy atom. The average molecular weight is 238 g/mol. The summed E-state index contributed by atoms with van der Waals surface area (Å²) in [5, 5.41) is 13.1. The maximum absolute atomic E-state index is 12.8. The van der Waals surface area contributed by atoms with Crippen LogP contribution in [0.3, 0.4) is 0 Å². The van der Waals surface area contributed by atoms with Gasteiger partial charge in [-0.1, -0.05) is 12.2 Å². The van der Waals surface area contributed by atoms with Gasteiger partial charge in [0.2, 0.25) is 0 Å². The topological polar surface area (TPSA) is 72.2 Å². The first-order valence-corrected chi connectivity index (χ1v) is 4.78. The molecule has 0 heterocycles. The van der Waals surface area contributed by atoms with Gasteiger partial charge in [-0.25, -0.2) is 4.39 Å². The second-order valence-corrected chi connectivity index (χ2v) is 3.56. The van der Waals surface area contributed by atoms with Crippen molar-refractivity contribution in [2.24, 2.45) is 0 Å². The summed E-state index contributed by atoms with van der Waals surface area (Å²) in [7, 11) is 0. The van der Waals surface area contributed by atoms with Gasteiger partial charge in [0.05, 0.1) is 11.0 Å². The van der Waals surface area contributed by atoms with Crippen molar-refractivity contribution in [2.75, 3.05) is 6.54 Å². The van der Waals surface area contributed by atoms with Gasteiger partial charge in [0, 0.05) is 6.54 Å². The van der Waals surface area contributed by atoms with Crippen molar-refractivity contribution in [1.82, 2.24) is 5.32 Å². The van der Waals surface area contributed by atoms with Gasteiger partial charge in [-0.15, -0.1) is 0 Å². The Morgan fingerprint density at radius 1 is 1.59 bits per heavy atom. The fourth-order valence-electron chi connectivity index (χ4n) is 1.17. The van der Waals surface area contributed by atoms with Crippen molar-refractivity contribution in [2.45, 2.75) is 6.92 Å². The Morgan fingerprint density at radius 2 is 2.24 bits per heavy atom. The van der Waals surface area contributed by atoms with E-state index in [1.54, 1.807) is 6.92 Å². The van der Waals surface area contributed by atoms with Crippen LogP contribution in [0.5, 0.6) is 0 Å². The lowest BCUT2D eigenvalue weighted by Crippen LogP contribution is -2.25. The van der Waals surface area contributed by atoms with Crippen molar-refractivity contribution in [3.05, 3.63) is 51.8 Å². The maximum Gasteiger partial charge on any atom is 0.285 e. The summed E-state index contributed by atoms with van der Waals surface area (Å²) in [6.45, 7) is 5.51. The van der Waals surface area contributed by atoms with Crippen LogP contribution in [0.1, 0.15) is 17.3 Å². The summed E-state index contributed by atoms with van der Waals surface area (Å²) in [5.74, 6) is -1.38. The Labute approximate surface area is 97.1 Å². The number of nitrogens with zero attached hydrogens (tertiary/aromatic N) is 1. The van der Waals surface area contributed by atoms with E-state index >= 15 is 0 Å². The number of rotatable bonds is 4. The molecule has 0 unspecified atom stereocenters. The minimum absolute atomic E-state index is 0.169. The van der Waals surface area contributed by atoms with Gasteiger partial charge in [0.25, 0.3) is 11.6 Å². The summed E-state index contributed by atoms with van der Waals surface area (Å²) in [4.78, 5) is 21.5. The van der Waals surface area contributed by atoms with Gasteiger partial charge in [0.1, 0.15) is 11.4 Å². The number of hydrogen-bond acceptors (Lipinski definition) is 3. The first-order chi connectivity index (χ1) is 7.91. The highest BCUT2D eigenvalue weighted by atomic mass is 19.1. The van der Waals surface area contributed by atoms with Crippen LogP contribution in [-0.2, 0) is 0 Å². The van der Waals surface area contributed by atoms with Crippen molar-refractivity contribution in [1.29, 1.82) is 0 Å². The summed E-state index contributed by atoms with van der Waals surface area (Å²) in [5.41, 5.74) is -0.00928. The second-order valence-electron chi connectivity index (χ2n) is 3.56. The molecule has 1 rings (SSSR count). The molecule has 0 saturated heterocycles. The van der Waals surface area contributed by atoms with E-state index in [2.05, 4.69) is 11.9 Å². The highest BCUT2D eigenvalue weighted by Crippen LogP contribution is 2.19. The van der Waals surface area contributed by atoms with Crippen molar-refractivity contribution >= 4 is 11.6 Å². The van der Waals surface area contributed by atoms with Crippen molar-refractivity contribution in [3.63, 3.8) is 0 Å². The number of carbonyl (C=O) groups excluding carboxylic acids is 1. The van der Waals surface area contributed by atoms with E-state index < -0.39 is 22.3 Å². The molecule has 0 saturated carbocycles. The number of nitro groups is 1. The summed E-state index contributed by atoms with van der Waals surface area (Å²) < 4.78 is 12.8. The van der Waals surface area contributed by atoms with Gasteiger partial charge < -0.3 is 5.32 Å². The fourth-order valence-corrected chi connectivity index (χ4v) is 1.17. The molecule has 1 amide bonds. The van der Waals surface area contributed by atoms with Crippen molar-refractivity contribution in [3.8, 4) is 0 Å². The number of nitrogens with one attached hydrogen (secondary N) is 1. The third-order valence-corrected chi connectivity index (χ3v) is 1.95. The minimum atomic E-state index is -0.793. The lowest BCUT2D eigenvalue weighted by Gasteiger charge is -2.05. The monoisotopic (exact) mass is 238 g/mol. The number of carbonyl (C=O) groups is 1. The van der Waals surface area contributed by atoms with E-state index in [9.17, 15) is 19.3 Å². The molecule has 5 nitrogen and oxygen atoms in total. The highest BCUT2D eigenvalue weighted by molar-refractivity contribution is 5.98. The van der Waals surface area contributed by atoms with E-state index in [-0.39, 0.29) is 12.1 Å². The Balaban J connectivity index is 3.00. The number of halogens is 1. The Kier molecular flexibility index (Phi) is 3.92. The predicted molar refractivity (Wildman–Crippen MR) is 60.2 cm³/mol. The van der Waals surface area contributed by atoms with Crippen LogP contribution in [0.4, 0.5) is 10.1 Å². The molecule has 0 bridgehead atoms. The molecule has 0 aromatic heterocycles. The molecule has 0 radical (unpaired) electrons. The predicted octanol–water partition coefficient (Wildman–Crippen LogP) is 2.04. The van der Waals surface area contributed by atoms with Crippen LogP contribution < -0.4 is 5.32 Å². The standard InChI is InChI=1S/C11H11FN2O3/c1-7(2)6-13-11(15)9-4-3-8(12)5-10(9)14(16)17/h3-5H,1,6H2,2H3,(H,13,15). The zero-order valence-electron chi connectivity index (χ0n) is 9.20. The molecule has 1 aromatic rings. The minimum Gasteiger partial charge on any atom is -0.348 e. The van der Waals surface area contributed by atoms with Gasteiger partial charge in [-0.2, -0.15) is 0 Å². The number of benzene rings is 1. The first-order valence-electron chi connectivity index (χ1n) is 4.78. The molecule has 0 aliphatic heterocycles. The van der Waals surface area contributed by atoms with E-state index in [0.717, 1.165) is 18.2 Å². The molecule has 0 spiro atoms. The molecule has 0 aliphatic carbocycles. The quantitative estimate of drug-likeness (QED) is 0.495. The molecule has 0 aliphatic rings. The zero-order chi connectivity index (χ0) is 13.0. The average Bonchev–Trinajstić information content (AvgIpc) is 2.25. The molecule has 90 valence electrons. The van der Waals surface area contributed by atoms with Gasteiger partial charge in [-0.3, -0.25) is 14.9 Å². The summed E-state index contributed by atoms with van der Waals surface area (Å²) in [6, 6.07) is 2.81. The van der Waals surface area contributed by atoms with E-state index in [1.807, 2.05) is 0 Å². The maximum atomic E-state index is 12.8. The molecule has 1 N–H and O–H groups in total. The van der Waals surface area contributed by atoms with Crippen LogP contribution in [0, 0.1) is 15.9 Å². The zero-order valence-corrected chi connectivity index (χ0v) is 9.20. The van der Waals surface area contributed by atoms with Gasteiger partial charge >= 0.3 is 0 Å². The van der Waals surface area contributed by atoms with Crippen LogP contribution in [0.2, 0.25) is 0 Å². The highest BCUT2D eigenvalue weighted by Gasteiger charge is 2.20. The third kappa shape index (κ3) is 3.37. The third-order valence-electron chi connectivity index (χ3n) is 1.95. The molecule has 0 fully saturated rings. The lowest BCUT2D eigenvalue weighted by molar-refractivity contribution is -0.385. The SMILES string of the molecule is C=C(C)CNC(=O)c1ccc(F)cc1[N+](=O)[O-]. The number of amides is 1. The first kappa shape index (κ1) is 12.8. The van der Waals surface area contributed by atoms with Crippen molar-refractivity contribution < 1.29 is 14.1 Å². The molecule has 0 atom stereocenters. The summed E-state index contributed by atoms with van der Waals surface area (Å²) >= 11 is 0. The van der Waals surface area contributed by atoms with Gasteiger partial charge in [0.15, 0.2) is 0 Å². The molecule has 17 heavy (non-hydrogen) atoms. The fraction of sp³-hybridized carbons (Fsp3) is 0.182. The van der Waals surface area contributed by atoms with Crippen LogP contribution >= 0.6 is 0 Å².